The lowest BCUT2D eigenvalue weighted by molar-refractivity contribution is -0.384. The van der Waals surface area contributed by atoms with Crippen LogP contribution in [0.3, 0.4) is 0 Å². The van der Waals surface area contributed by atoms with Crippen LogP contribution >= 0.6 is 22.7 Å². The van der Waals surface area contributed by atoms with Crippen molar-refractivity contribution in [3.63, 3.8) is 0 Å². The van der Waals surface area contributed by atoms with Gasteiger partial charge in [0, 0.05) is 11.4 Å². The van der Waals surface area contributed by atoms with Gasteiger partial charge in [0.1, 0.15) is 5.75 Å². The summed E-state index contributed by atoms with van der Waals surface area (Å²) in [5, 5.41) is 17.2. The zero-order valence-electron chi connectivity index (χ0n) is 13.1. The molecular weight excluding hydrogens is 362 g/mol. The van der Waals surface area contributed by atoms with Gasteiger partial charge in [-0.25, -0.2) is 4.98 Å². The van der Waals surface area contributed by atoms with Crippen LogP contribution in [-0.4, -0.2) is 22.9 Å². The maximum absolute atomic E-state index is 12.1. The first kappa shape index (κ1) is 17.1. The lowest BCUT2D eigenvalue weighted by Gasteiger charge is -2.04. The molecule has 0 fully saturated rings. The Hall–Kier alpha value is -2.78. The third-order valence-electron chi connectivity index (χ3n) is 3.30. The van der Waals surface area contributed by atoms with Crippen molar-refractivity contribution in [1.82, 2.24) is 4.98 Å². The molecule has 1 amide bonds. The van der Waals surface area contributed by atoms with Gasteiger partial charge in [0.05, 0.1) is 34.4 Å². The van der Waals surface area contributed by atoms with E-state index in [-0.39, 0.29) is 18.0 Å². The number of nitrogens with zero attached hydrogens (tertiary/aromatic N) is 2. The van der Waals surface area contributed by atoms with E-state index in [9.17, 15) is 14.9 Å². The van der Waals surface area contributed by atoms with Crippen molar-refractivity contribution in [1.29, 1.82) is 0 Å². The average Bonchev–Trinajstić information content (AvgIpc) is 3.24. The minimum atomic E-state index is -0.441. The Kier molecular flexibility index (Phi) is 5.05. The third kappa shape index (κ3) is 4.20. The van der Waals surface area contributed by atoms with Crippen molar-refractivity contribution in [2.75, 3.05) is 12.4 Å². The minimum Gasteiger partial charge on any atom is -0.497 e. The fraction of sp³-hybridized carbons (Fsp3) is 0.125. The molecule has 0 bridgehead atoms. The van der Waals surface area contributed by atoms with Crippen LogP contribution in [-0.2, 0) is 11.2 Å². The molecule has 0 spiro atoms. The summed E-state index contributed by atoms with van der Waals surface area (Å²) in [6, 6.07) is 8.76. The Labute approximate surface area is 151 Å². The summed E-state index contributed by atoms with van der Waals surface area (Å²) < 4.78 is 5.14. The average molecular weight is 375 g/mol. The lowest BCUT2D eigenvalue weighted by Crippen LogP contribution is -2.14. The number of nitrogens with one attached hydrogen (secondary N) is 1. The van der Waals surface area contributed by atoms with Crippen LogP contribution in [0.4, 0.5) is 10.8 Å². The first-order valence-electron chi connectivity index (χ1n) is 7.17. The molecule has 0 unspecified atom stereocenters. The van der Waals surface area contributed by atoms with Crippen LogP contribution < -0.4 is 10.1 Å². The highest BCUT2D eigenvalue weighted by atomic mass is 32.1. The molecule has 7 nitrogen and oxygen atoms in total. The van der Waals surface area contributed by atoms with Gasteiger partial charge < -0.3 is 10.1 Å². The van der Waals surface area contributed by atoms with Crippen LogP contribution in [0.2, 0.25) is 0 Å². The van der Waals surface area contributed by atoms with Crippen molar-refractivity contribution in [3.8, 4) is 16.3 Å². The zero-order valence-corrected chi connectivity index (χ0v) is 14.7. The topological polar surface area (TPSA) is 94.4 Å². The van der Waals surface area contributed by atoms with Gasteiger partial charge in [-0.1, -0.05) is 12.1 Å². The molecule has 1 N–H and O–H groups in total. The summed E-state index contributed by atoms with van der Waals surface area (Å²) in [7, 11) is 1.57. The molecule has 3 aromatic rings. The second-order valence-corrected chi connectivity index (χ2v) is 6.81. The number of anilines is 1. The predicted octanol–water partition coefficient (Wildman–Crippen LogP) is 3.97. The first-order chi connectivity index (χ1) is 12.0. The van der Waals surface area contributed by atoms with Gasteiger partial charge >= 0.3 is 0 Å². The van der Waals surface area contributed by atoms with E-state index in [1.165, 1.54) is 34.1 Å². The molecule has 3 rings (SSSR count). The fourth-order valence-corrected chi connectivity index (χ4v) is 3.75. The number of carbonyl (C=O) groups excluding carboxylic acids is 1. The molecule has 1 aromatic carbocycles. The Morgan fingerprint density at radius 2 is 2.16 bits per heavy atom. The van der Waals surface area contributed by atoms with Gasteiger partial charge in [-0.2, -0.15) is 0 Å². The van der Waals surface area contributed by atoms with Crippen LogP contribution in [0.1, 0.15) is 5.56 Å². The smallest absolute Gasteiger partial charge is 0.280 e. The number of thiazole rings is 1. The van der Waals surface area contributed by atoms with Crippen molar-refractivity contribution in [3.05, 3.63) is 56.8 Å². The molecule has 0 aliphatic carbocycles. The molecular formula is C16H13N3O4S2. The van der Waals surface area contributed by atoms with Gasteiger partial charge in [-0.05, 0) is 17.7 Å². The van der Waals surface area contributed by atoms with E-state index in [2.05, 4.69) is 10.3 Å². The fourth-order valence-electron chi connectivity index (χ4n) is 2.13. The highest BCUT2D eigenvalue weighted by Gasteiger charge is 2.14. The summed E-state index contributed by atoms with van der Waals surface area (Å²) >= 11 is 2.52. The number of rotatable bonds is 6. The number of benzene rings is 1. The van der Waals surface area contributed by atoms with Gasteiger partial charge in [0.15, 0.2) is 5.13 Å². The van der Waals surface area contributed by atoms with Crippen molar-refractivity contribution in [2.45, 2.75) is 6.42 Å². The van der Waals surface area contributed by atoms with E-state index >= 15 is 0 Å². The number of hydrogen-bond acceptors (Lipinski definition) is 7. The zero-order chi connectivity index (χ0) is 17.8. The number of carbonyl (C=O) groups is 1. The highest BCUT2D eigenvalue weighted by Crippen LogP contribution is 2.32. The number of hydrogen-bond donors (Lipinski definition) is 1. The monoisotopic (exact) mass is 375 g/mol. The van der Waals surface area contributed by atoms with Crippen LogP contribution in [0.25, 0.3) is 10.6 Å². The largest absolute Gasteiger partial charge is 0.497 e. The Morgan fingerprint density at radius 3 is 2.88 bits per heavy atom. The van der Waals surface area contributed by atoms with Gasteiger partial charge in [0.25, 0.3) is 5.69 Å². The van der Waals surface area contributed by atoms with Gasteiger partial charge in [-0.15, -0.1) is 22.7 Å². The molecule has 0 radical (unpaired) electrons. The van der Waals surface area contributed by atoms with E-state index in [0.717, 1.165) is 5.56 Å². The Bertz CT molecular complexity index is 920. The quantitative estimate of drug-likeness (QED) is 0.520. The summed E-state index contributed by atoms with van der Waals surface area (Å²) in [5.41, 5.74) is 1.49. The highest BCUT2D eigenvalue weighted by molar-refractivity contribution is 7.16. The molecule has 0 saturated carbocycles. The second-order valence-electron chi connectivity index (χ2n) is 5.04. The molecule has 0 aliphatic heterocycles. The second kappa shape index (κ2) is 7.41. The lowest BCUT2D eigenvalue weighted by atomic mass is 10.1. The first-order valence-corrected chi connectivity index (χ1v) is 8.92. The van der Waals surface area contributed by atoms with E-state index in [0.29, 0.717) is 21.5 Å². The summed E-state index contributed by atoms with van der Waals surface area (Å²) in [4.78, 5) is 27.5. The Morgan fingerprint density at radius 1 is 1.32 bits per heavy atom. The molecule has 2 heterocycles. The van der Waals surface area contributed by atoms with Gasteiger partial charge in [-0.3, -0.25) is 14.9 Å². The molecule has 128 valence electrons. The van der Waals surface area contributed by atoms with Crippen LogP contribution in [0.15, 0.2) is 41.1 Å². The molecule has 2 aromatic heterocycles. The van der Waals surface area contributed by atoms with Crippen LogP contribution in [0, 0.1) is 10.1 Å². The van der Waals surface area contributed by atoms with Crippen molar-refractivity contribution < 1.29 is 14.5 Å². The Balaban J connectivity index is 1.66. The summed E-state index contributed by atoms with van der Waals surface area (Å²) in [5.74, 6) is 0.507. The normalized spacial score (nSPS) is 10.4. The van der Waals surface area contributed by atoms with E-state index in [1.807, 2.05) is 18.2 Å². The van der Waals surface area contributed by atoms with Crippen molar-refractivity contribution in [2.24, 2.45) is 0 Å². The van der Waals surface area contributed by atoms with Gasteiger partial charge in [0.2, 0.25) is 5.91 Å². The molecule has 25 heavy (non-hydrogen) atoms. The van der Waals surface area contributed by atoms with Crippen LogP contribution in [0.5, 0.6) is 5.75 Å². The predicted molar refractivity (Wildman–Crippen MR) is 97.4 cm³/mol. The number of amides is 1. The molecule has 0 saturated heterocycles. The number of ether oxygens (including phenoxy) is 1. The molecule has 0 aliphatic rings. The SMILES string of the molecule is COc1cccc(CC(=O)Nc2nc(-c3cc([N+](=O)[O-])cs3)cs2)c1. The number of nitro groups is 1. The third-order valence-corrected chi connectivity index (χ3v) is 5.00. The number of thiophene rings is 1. The molecule has 9 heteroatoms. The molecule has 0 atom stereocenters. The maximum atomic E-state index is 12.1. The summed E-state index contributed by atoms with van der Waals surface area (Å²) in [6.45, 7) is 0. The maximum Gasteiger partial charge on any atom is 0.280 e. The number of aromatic nitrogens is 1. The number of methoxy groups -OCH3 is 1. The van der Waals surface area contributed by atoms with Crippen molar-refractivity contribution >= 4 is 39.4 Å². The van der Waals surface area contributed by atoms with E-state index in [4.69, 9.17) is 4.74 Å². The minimum absolute atomic E-state index is 0.0385. The van der Waals surface area contributed by atoms with E-state index in [1.54, 1.807) is 18.6 Å². The van der Waals surface area contributed by atoms with E-state index < -0.39 is 4.92 Å². The summed E-state index contributed by atoms with van der Waals surface area (Å²) in [6.07, 6.45) is 0.205. The standard InChI is InChI=1S/C16H13N3O4S2/c1-23-12-4-2-3-10(5-12)6-15(20)18-16-17-13(9-25-16)14-7-11(8-24-14)19(21)22/h2-5,7-9H,6H2,1H3,(H,17,18,20).